The molecule has 0 bridgehead atoms. The summed E-state index contributed by atoms with van der Waals surface area (Å²) >= 11 is 0. The number of rotatable bonds is 1. The van der Waals surface area contributed by atoms with Crippen molar-refractivity contribution in [1.29, 1.82) is 0 Å². The number of piperazine rings is 1. The highest BCUT2D eigenvalue weighted by atomic mass is 15.2. The molecule has 1 aliphatic rings. The maximum atomic E-state index is 2.50. The molecule has 0 aliphatic carbocycles. The van der Waals surface area contributed by atoms with Crippen LogP contribution in [0.1, 0.15) is 11.1 Å². The van der Waals surface area contributed by atoms with Crippen LogP contribution >= 0.6 is 0 Å². The van der Waals surface area contributed by atoms with Crippen LogP contribution in [0.5, 0.6) is 0 Å². The molecule has 1 aliphatic heterocycles. The van der Waals surface area contributed by atoms with Gasteiger partial charge in [0.25, 0.3) is 0 Å². The average Bonchev–Trinajstić information content (AvgIpc) is 2.24. The van der Waals surface area contributed by atoms with E-state index in [9.17, 15) is 0 Å². The van der Waals surface area contributed by atoms with Crippen LogP contribution in [0, 0.1) is 13.8 Å². The molecule has 0 N–H and O–H groups in total. The van der Waals surface area contributed by atoms with Gasteiger partial charge in [0.2, 0.25) is 0 Å². The zero-order valence-electron chi connectivity index (χ0n) is 9.95. The van der Waals surface area contributed by atoms with Gasteiger partial charge < -0.3 is 9.80 Å². The molecule has 0 unspecified atom stereocenters. The van der Waals surface area contributed by atoms with Gasteiger partial charge in [0.05, 0.1) is 0 Å². The number of anilines is 1. The number of aryl methyl sites for hydroxylation is 1. The molecule has 2 rings (SSSR count). The fourth-order valence-electron chi connectivity index (χ4n) is 2.13. The third-order valence-electron chi connectivity index (χ3n) is 3.42. The molecule has 2 nitrogen and oxygen atoms in total. The molecule has 0 aromatic heterocycles. The van der Waals surface area contributed by atoms with Gasteiger partial charge in [0.15, 0.2) is 0 Å². The Kier molecular flexibility index (Phi) is 2.96. The number of likely N-dealkylation sites (N-methyl/N-ethyl adjacent to an activating group) is 1. The molecule has 0 radical (unpaired) electrons. The van der Waals surface area contributed by atoms with Crippen molar-refractivity contribution in [3.05, 3.63) is 29.3 Å². The van der Waals surface area contributed by atoms with E-state index in [1.54, 1.807) is 0 Å². The van der Waals surface area contributed by atoms with Gasteiger partial charge in [-0.05, 0) is 38.1 Å². The summed E-state index contributed by atoms with van der Waals surface area (Å²) in [6.45, 7) is 9.07. The van der Waals surface area contributed by atoms with E-state index in [-0.39, 0.29) is 0 Å². The van der Waals surface area contributed by atoms with Crippen molar-refractivity contribution in [2.45, 2.75) is 13.8 Å². The van der Waals surface area contributed by atoms with Gasteiger partial charge in [-0.25, -0.2) is 0 Å². The largest absolute Gasteiger partial charge is 0.369 e. The van der Waals surface area contributed by atoms with Crippen LogP contribution in [0.2, 0.25) is 0 Å². The fourth-order valence-corrected chi connectivity index (χ4v) is 2.13. The second-order valence-corrected chi connectivity index (χ2v) is 4.51. The van der Waals surface area contributed by atoms with Gasteiger partial charge in [-0.1, -0.05) is 12.1 Å². The van der Waals surface area contributed by atoms with E-state index in [0.29, 0.717) is 0 Å². The quantitative estimate of drug-likeness (QED) is 0.691. The Balaban J connectivity index is 2.19. The minimum atomic E-state index is 1.15. The molecule has 0 atom stereocenters. The Hall–Kier alpha value is -1.02. The topological polar surface area (TPSA) is 6.48 Å². The van der Waals surface area contributed by atoms with E-state index in [2.05, 4.69) is 48.9 Å². The normalized spacial score (nSPS) is 18.2. The number of nitrogens with zero attached hydrogens (tertiary/aromatic N) is 2. The summed E-state index contributed by atoms with van der Waals surface area (Å²) in [5, 5.41) is 0. The van der Waals surface area contributed by atoms with Crippen molar-refractivity contribution in [2.24, 2.45) is 0 Å². The lowest BCUT2D eigenvalue weighted by molar-refractivity contribution is 0.312. The second-order valence-electron chi connectivity index (χ2n) is 4.51. The molecular weight excluding hydrogens is 184 g/mol. The molecule has 2 heteroatoms. The summed E-state index contributed by atoms with van der Waals surface area (Å²) in [4.78, 5) is 4.89. The molecule has 1 aromatic carbocycles. The highest BCUT2D eigenvalue weighted by Gasteiger charge is 2.15. The van der Waals surface area contributed by atoms with Crippen molar-refractivity contribution in [2.75, 3.05) is 38.1 Å². The Bertz CT molecular complexity index is 338. The molecule has 0 saturated carbocycles. The zero-order valence-corrected chi connectivity index (χ0v) is 9.95. The van der Waals surface area contributed by atoms with Crippen molar-refractivity contribution in [3.8, 4) is 0 Å². The Labute approximate surface area is 92.5 Å². The molecule has 1 fully saturated rings. The number of benzene rings is 1. The third-order valence-corrected chi connectivity index (χ3v) is 3.42. The van der Waals surface area contributed by atoms with Crippen LogP contribution in [-0.4, -0.2) is 38.1 Å². The van der Waals surface area contributed by atoms with E-state index in [1.807, 2.05) is 0 Å². The molecule has 1 saturated heterocycles. The van der Waals surface area contributed by atoms with E-state index in [4.69, 9.17) is 0 Å². The predicted octanol–water partition coefficient (Wildman–Crippen LogP) is 2.06. The summed E-state index contributed by atoms with van der Waals surface area (Å²) in [6.07, 6.45) is 0. The van der Waals surface area contributed by atoms with Crippen LogP contribution in [0.4, 0.5) is 5.69 Å². The highest BCUT2D eigenvalue weighted by molar-refractivity contribution is 5.56. The molecule has 1 aromatic rings. The van der Waals surface area contributed by atoms with Crippen LogP contribution in [0.3, 0.4) is 0 Å². The van der Waals surface area contributed by atoms with Crippen LogP contribution in [-0.2, 0) is 0 Å². The summed E-state index contributed by atoms with van der Waals surface area (Å²) in [7, 11) is 2.19. The first-order valence-corrected chi connectivity index (χ1v) is 5.68. The lowest BCUT2D eigenvalue weighted by Gasteiger charge is -2.35. The van der Waals surface area contributed by atoms with Gasteiger partial charge in [0.1, 0.15) is 0 Å². The first kappa shape index (κ1) is 10.5. The molecular formula is C13H20N2. The Morgan fingerprint density at radius 3 is 2.33 bits per heavy atom. The van der Waals surface area contributed by atoms with Crippen LogP contribution in [0.25, 0.3) is 0 Å². The van der Waals surface area contributed by atoms with Crippen molar-refractivity contribution < 1.29 is 0 Å². The molecule has 15 heavy (non-hydrogen) atoms. The minimum absolute atomic E-state index is 1.15. The van der Waals surface area contributed by atoms with Gasteiger partial charge >= 0.3 is 0 Å². The van der Waals surface area contributed by atoms with E-state index < -0.39 is 0 Å². The van der Waals surface area contributed by atoms with Crippen LogP contribution in [0.15, 0.2) is 18.2 Å². The number of hydrogen-bond acceptors (Lipinski definition) is 2. The first-order chi connectivity index (χ1) is 7.18. The second kappa shape index (κ2) is 4.23. The summed E-state index contributed by atoms with van der Waals surface area (Å²) in [5.74, 6) is 0. The average molecular weight is 204 g/mol. The SMILES string of the molecule is Cc1cccc(N2CCN(C)CC2)c1C. The number of hydrogen-bond donors (Lipinski definition) is 0. The monoisotopic (exact) mass is 204 g/mol. The highest BCUT2D eigenvalue weighted by Crippen LogP contribution is 2.23. The third kappa shape index (κ3) is 2.15. The molecule has 0 amide bonds. The van der Waals surface area contributed by atoms with Crippen molar-refractivity contribution in [1.82, 2.24) is 4.90 Å². The zero-order chi connectivity index (χ0) is 10.8. The van der Waals surface area contributed by atoms with Crippen molar-refractivity contribution >= 4 is 5.69 Å². The van der Waals surface area contributed by atoms with Gasteiger partial charge in [-0.2, -0.15) is 0 Å². The van der Waals surface area contributed by atoms with E-state index in [0.717, 1.165) is 13.1 Å². The predicted molar refractivity (Wildman–Crippen MR) is 65.6 cm³/mol. The lowest BCUT2D eigenvalue weighted by Crippen LogP contribution is -2.44. The lowest BCUT2D eigenvalue weighted by atomic mass is 10.1. The maximum absolute atomic E-state index is 2.50. The Morgan fingerprint density at radius 1 is 1.00 bits per heavy atom. The molecule has 82 valence electrons. The van der Waals surface area contributed by atoms with E-state index in [1.165, 1.54) is 29.9 Å². The maximum Gasteiger partial charge on any atom is 0.0399 e. The molecule has 1 heterocycles. The van der Waals surface area contributed by atoms with Crippen LogP contribution < -0.4 is 4.90 Å². The summed E-state index contributed by atoms with van der Waals surface area (Å²) < 4.78 is 0. The first-order valence-electron chi connectivity index (χ1n) is 5.68. The summed E-state index contributed by atoms with van der Waals surface area (Å²) in [6, 6.07) is 6.60. The molecule has 0 spiro atoms. The standard InChI is InChI=1S/C13H20N2/c1-11-5-4-6-13(12(11)2)15-9-7-14(3)8-10-15/h4-6H,7-10H2,1-3H3. The van der Waals surface area contributed by atoms with Gasteiger partial charge in [-0.15, -0.1) is 0 Å². The smallest absolute Gasteiger partial charge is 0.0399 e. The Morgan fingerprint density at radius 2 is 1.67 bits per heavy atom. The van der Waals surface area contributed by atoms with Crippen molar-refractivity contribution in [3.63, 3.8) is 0 Å². The summed E-state index contributed by atoms with van der Waals surface area (Å²) in [5.41, 5.74) is 4.25. The minimum Gasteiger partial charge on any atom is -0.369 e. The van der Waals surface area contributed by atoms with Gasteiger partial charge in [-0.3, -0.25) is 0 Å². The fraction of sp³-hybridized carbons (Fsp3) is 0.538. The van der Waals surface area contributed by atoms with Gasteiger partial charge in [0, 0.05) is 31.9 Å². The van der Waals surface area contributed by atoms with E-state index >= 15 is 0 Å².